The van der Waals surface area contributed by atoms with Crippen LogP contribution >= 0.6 is 0 Å². The molecular formula is C6H5NO4S. The fourth-order valence-corrected chi connectivity index (χ4v) is 1.19. The number of carboxylic acids is 1. The molecule has 0 aromatic carbocycles. The van der Waals surface area contributed by atoms with Gasteiger partial charge in [-0.05, 0) is 12.1 Å². The summed E-state index contributed by atoms with van der Waals surface area (Å²) in [5.74, 6) is -1.31. The first-order chi connectivity index (χ1) is 5.63. The van der Waals surface area contributed by atoms with Gasteiger partial charge >= 0.3 is 5.97 Å². The average Bonchev–Trinajstić information content (AvgIpc) is 2.04. The van der Waals surface area contributed by atoms with Gasteiger partial charge in [-0.25, -0.2) is 14.0 Å². The van der Waals surface area contributed by atoms with E-state index in [9.17, 15) is 9.00 Å². The highest BCUT2D eigenvalue weighted by atomic mass is 32.2. The van der Waals surface area contributed by atoms with Crippen LogP contribution in [0.25, 0.3) is 0 Å². The molecule has 1 unspecified atom stereocenters. The zero-order valence-electron chi connectivity index (χ0n) is 5.80. The summed E-state index contributed by atoms with van der Waals surface area (Å²) in [5.41, 5.74) is -0.390. The Morgan fingerprint density at radius 1 is 1.58 bits per heavy atom. The molecule has 0 saturated carbocycles. The largest absolute Gasteiger partial charge is 0.476 e. The van der Waals surface area contributed by atoms with Crippen LogP contribution in [0.1, 0.15) is 10.5 Å². The molecule has 0 spiro atoms. The van der Waals surface area contributed by atoms with Crippen molar-refractivity contribution >= 4 is 17.0 Å². The van der Waals surface area contributed by atoms with Gasteiger partial charge in [0.05, 0.1) is 4.90 Å². The molecule has 0 radical (unpaired) electrons. The minimum Gasteiger partial charge on any atom is -0.476 e. The van der Waals surface area contributed by atoms with Crippen molar-refractivity contribution in [3.8, 4) is 0 Å². The fraction of sp³-hybridized carbons (Fsp3) is 0. The summed E-state index contributed by atoms with van der Waals surface area (Å²) in [7, 11) is 0. The van der Waals surface area contributed by atoms with Crippen LogP contribution in [0.5, 0.6) is 0 Å². The van der Waals surface area contributed by atoms with Crippen LogP contribution in [0.15, 0.2) is 23.2 Å². The third-order valence-corrected chi connectivity index (χ3v) is 1.87. The van der Waals surface area contributed by atoms with Crippen LogP contribution in [0.4, 0.5) is 0 Å². The van der Waals surface area contributed by atoms with Gasteiger partial charge < -0.3 is 9.66 Å². The summed E-state index contributed by atoms with van der Waals surface area (Å²) in [6, 6.07) is 2.64. The molecule has 2 N–H and O–H groups in total. The predicted molar refractivity (Wildman–Crippen MR) is 40.2 cm³/mol. The van der Waals surface area contributed by atoms with Gasteiger partial charge in [0.2, 0.25) is 0 Å². The Bertz CT molecular complexity index is 305. The summed E-state index contributed by atoms with van der Waals surface area (Å²) in [5, 5.41) is 8.51. The topological polar surface area (TPSA) is 87.5 Å². The van der Waals surface area contributed by atoms with Gasteiger partial charge in [-0.1, -0.05) is 0 Å². The van der Waals surface area contributed by atoms with Crippen molar-refractivity contribution in [2.24, 2.45) is 0 Å². The predicted octanol–water partition coefficient (Wildman–Crippen LogP) is 0.360. The SMILES string of the molecule is O=C(O)c1ncccc1S(=O)O. The zero-order chi connectivity index (χ0) is 9.14. The van der Waals surface area contributed by atoms with Crippen molar-refractivity contribution in [1.29, 1.82) is 0 Å². The first-order valence-electron chi connectivity index (χ1n) is 2.92. The van der Waals surface area contributed by atoms with Crippen LogP contribution in [0.2, 0.25) is 0 Å². The molecule has 0 saturated heterocycles. The minimum atomic E-state index is -2.30. The van der Waals surface area contributed by atoms with E-state index in [0.29, 0.717) is 0 Å². The second kappa shape index (κ2) is 3.42. The smallest absolute Gasteiger partial charge is 0.355 e. The number of rotatable bonds is 2. The second-order valence-corrected chi connectivity index (χ2v) is 2.84. The molecule has 5 nitrogen and oxygen atoms in total. The van der Waals surface area contributed by atoms with Crippen molar-refractivity contribution in [1.82, 2.24) is 4.98 Å². The van der Waals surface area contributed by atoms with E-state index in [1.54, 1.807) is 0 Å². The van der Waals surface area contributed by atoms with Gasteiger partial charge in [-0.2, -0.15) is 0 Å². The van der Waals surface area contributed by atoms with E-state index in [4.69, 9.17) is 9.66 Å². The monoisotopic (exact) mass is 187 g/mol. The van der Waals surface area contributed by atoms with E-state index >= 15 is 0 Å². The van der Waals surface area contributed by atoms with E-state index in [-0.39, 0.29) is 4.90 Å². The van der Waals surface area contributed by atoms with Crippen LogP contribution in [-0.4, -0.2) is 24.8 Å². The lowest BCUT2D eigenvalue weighted by Crippen LogP contribution is -2.05. The lowest BCUT2D eigenvalue weighted by atomic mass is 10.3. The molecule has 0 aliphatic rings. The number of nitrogens with zero attached hydrogens (tertiary/aromatic N) is 1. The highest BCUT2D eigenvalue weighted by Gasteiger charge is 2.14. The Morgan fingerprint density at radius 2 is 2.25 bits per heavy atom. The quantitative estimate of drug-likeness (QED) is 0.652. The van der Waals surface area contributed by atoms with Crippen molar-refractivity contribution in [3.05, 3.63) is 24.0 Å². The van der Waals surface area contributed by atoms with Gasteiger partial charge in [-0.3, -0.25) is 0 Å². The van der Waals surface area contributed by atoms with Crippen LogP contribution in [0.3, 0.4) is 0 Å². The third kappa shape index (κ3) is 1.66. The molecule has 1 atom stereocenters. The third-order valence-electron chi connectivity index (χ3n) is 1.16. The van der Waals surface area contributed by atoms with Gasteiger partial charge in [-0.15, -0.1) is 0 Å². The summed E-state index contributed by atoms with van der Waals surface area (Å²) in [6.07, 6.45) is 1.25. The minimum absolute atomic E-state index is 0.190. The first kappa shape index (κ1) is 8.82. The average molecular weight is 187 g/mol. The molecular weight excluding hydrogens is 182 g/mol. The van der Waals surface area contributed by atoms with Crippen LogP contribution in [-0.2, 0) is 11.1 Å². The van der Waals surface area contributed by atoms with E-state index in [1.807, 2.05) is 0 Å². The Morgan fingerprint density at radius 3 is 2.67 bits per heavy atom. The number of carbonyl (C=O) groups is 1. The standard InChI is InChI=1S/C6H5NO4S/c8-6(9)5-4(12(10)11)2-1-3-7-5/h1-3H,(H,8,9)(H,10,11). The van der Waals surface area contributed by atoms with E-state index in [1.165, 1.54) is 18.3 Å². The molecule has 0 aliphatic heterocycles. The molecule has 1 aromatic heterocycles. The molecule has 0 bridgehead atoms. The lowest BCUT2D eigenvalue weighted by Gasteiger charge is -1.97. The number of aromatic carboxylic acids is 1. The van der Waals surface area contributed by atoms with Crippen molar-refractivity contribution < 1.29 is 18.7 Å². The maximum atomic E-state index is 10.5. The highest BCUT2D eigenvalue weighted by Crippen LogP contribution is 2.08. The number of hydrogen-bond acceptors (Lipinski definition) is 3. The number of pyridine rings is 1. The molecule has 6 heteroatoms. The molecule has 0 aliphatic carbocycles. The maximum absolute atomic E-state index is 10.5. The molecule has 12 heavy (non-hydrogen) atoms. The van der Waals surface area contributed by atoms with E-state index in [0.717, 1.165) is 0 Å². The van der Waals surface area contributed by atoms with Gasteiger partial charge in [0.25, 0.3) is 0 Å². The molecule has 1 aromatic rings. The molecule has 1 rings (SSSR count). The Hall–Kier alpha value is -1.27. The highest BCUT2D eigenvalue weighted by molar-refractivity contribution is 7.79. The summed E-state index contributed by atoms with van der Waals surface area (Å²) < 4.78 is 19.2. The summed E-state index contributed by atoms with van der Waals surface area (Å²) in [6.45, 7) is 0. The maximum Gasteiger partial charge on any atom is 0.355 e. The van der Waals surface area contributed by atoms with Gasteiger partial charge in [0.1, 0.15) is 0 Å². The zero-order valence-corrected chi connectivity index (χ0v) is 6.61. The lowest BCUT2D eigenvalue weighted by molar-refractivity contribution is 0.0686. The van der Waals surface area contributed by atoms with Crippen molar-refractivity contribution in [2.75, 3.05) is 0 Å². The number of carboxylic acid groups (broad SMARTS) is 1. The molecule has 0 fully saturated rings. The second-order valence-electron chi connectivity index (χ2n) is 1.90. The fourth-order valence-electron chi connectivity index (χ4n) is 0.692. The van der Waals surface area contributed by atoms with Crippen molar-refractivity contribution in [3.63, 3.8) is 0 Å². The summed E-state index contributed by atoms with van der Waals surface area (Å²) >= 11 is -2.30. The summed E-state index contributed by atoms with van der Waals surface area (Å²) in [4.78, 5) is 13.7. The number of aromatic nitrogens is 1. The van der Waals surface area contributed by atoms with Gasteiger partial charge in [0.15, 0.2) is 16.8 Å². The molecule has 64 valence electrons. The van der Waals surface area contributed by atoms with Crippen LogP contribution < -0.4 is 0 Å². The number of hydrogen-bond donors (Lipinski definition) is 2. The van der Waals surface area contributed by atoms with E-state index in [2.05, 4.69) is 4.98 Å². The Labute approximate surface area is 70.3 Å². The Balaban J connectivity index is 3.27. The van der Waals surface area contributed by atoms with Crippen molar-refractivity contribution in [2.45, 2.75) is 4.90 Å². The van der Waals surface area contributed by atoms with Gasteiger partial charge in [0, 0.05) is 6.20 Å². The van der Waals surface area contributed by atoms with Crippen LogP contribution in [0, 0.1) is 0 Å². The van der Waals surface area contributed by atoms with E-state index < -0.39 is 22.7 Å². The molecule has 0 amide bonds. The first-order valence-corrected chi connectivity index (χ1v) is 4.02. The normalized spacial score (nSPS) is 12.4. The molecule has 1 heterocycles. The Kier molecular flexibility index (Phi) is 2.51.